The minimum atomic E-state index is 0.454. The monoisotopic (exact) mass is 229 g/mol. The maximum absolute atomic E-state index is 5.91. The summed E-state index contributed by atoms with van der Waals surface area (Å²) in [5.74, 6) is 0. The summed E-state index contributed by atoms with van der Waals surface area (Å²) < 4.78 is 0.889. The molecule has 2 rings (SSSR count). The van der Waals surface area contributed by atoms with Crippen LogP contribution in [0.25, 0.3) is 0 Å². The molecule has 0 bridgehead atoms. The molecule has 0 saturated heterocycles. The molecule has 0 aliphatic heterocycles. The van der Waals surface area contributed by atoms with Crippen LogP contribution >= 0.6 is 22.9 Å². The average Bonchev–Trinajstić information content (AvgIpc) is 2.75. The minimum Gasteiger partial charge on any atom is -0.307 e. The lowest BCUT2D eigenvalue weighted by atomic mass is 10.2. The Labute approximate surface area is 94.5 Å². The molecule has 0 radical (unpaired) electrons. The molecule has 14 heavy (non-hydrogen) atoms. The lowest BCUT2D eigenvalue weighted by Crippen LogP contribution is -2.28. The maximum Gasteiger partial charge on any atom is 0.0931 e. The summed E-state index contributed by atoms with van der Waals surface area (Å²) in [6.07, 6.45) is 5.44. The zero-order valence-electron chi connectivity index (χ0n) is 8.42. The summed E-state index contributed by atoms with van der Waals surface area (Å²) in [5, 5.41) is 3.66. The number of nitrogens with one attached hydrogen (secondary N) is 1. The van der Waals surface area contributed by atoms with E-state index in [9.17, 15) is 0 Å². The van der Waals surface area contributed by atoms with Gasteiger partial charge in [-0.05, 0) is 31.9 Å². The number of hydrogen-bond acceptors (Lipinski definition) is 2. The second kappa shape index (κ2) is 4.65. The van der Waals surface area contributed by atoms with Crippen LogP contribution in [-0.4, -0.2) is 6.04 Å². The van der Waals surface area contributed by atoms with E-state index in [1.54, 1.807) is 11.3 Å². The summed E-state index contributed by atoms with van der Waals surface area (Å²) >= 11 is 7.59. The molecule has 1 aromatic heterocycles. The molecule has 1 aliphatic rings. The lowest BCUT2D eigenvalue weighted by molar-refractivity contribution is 0.465. The van der Waals surface area contributed by atoms with Crippen molar-refractivity contribution in [3.05, 3.63) is 21.3 Å². The molecule has 1 atom stereocenters. The van der Waals surface area contributed by atoms with Gasteiger partial charge in [-0.2, -0.15) is 0 Å². The molecule has 0 amide bonds. The van der Waals surface area contributed by atoms with Gasteiger partial charge in [-0.25, -0.2) is 0 Å². The van der Waals surface area contributed by atoms with Crippen LogP contribution in [0.5, 0.6) is 0 Å². The number of hydrogen-bond donors (Lipinski definition) is 1. The van der Waals surface area contributed by atoms with E-state index in [-0.39, 0.29) is 0 Å². The van der Waals surface area contributed by atoms with Crippen molar-refractivity contribution in [2.75, 3.05) is 0 Å². The molecule has 1 N–H and O–H groups in total. The first kappa shape index (κ1) is 10.5. The van der Waals surface area contributed by atoms with Gasteiger partial charge in [-0.1, -0.05) is 24.4 Å². The van der Waals surface area contributed by atoms with Gasteiger partial charge < -0.3 is 5.32 Å². The van der Waals surface area contributed by atoms with E-state index in [4.69, 9.17) is 11.6 Å². The normalized spacial score (nSPS) is 20.1. The summed E-state index contributed by atoms with van der Waals surface area (Å²) in [4.78, 5) is 1.35. The van der Waals surface area contributed by atoms with Crippen LogP contribution in [0.1, 0.15) is 43.5 Å². The molecule has 3 heteroatoms. The van der Waals surface area contributed by atoms with Gasteiger partial charge in [0.05, 0.1) is 4.34 Å². The highest BCUT2D eigenvalue weighted by Gasteiger charge is 2.18. The Morgan fingerprint density at radius 3 is 2.71 bits per heavy atom. The largest absolute Gasteiger partial charge is 0.307 e. The second-order valence-corrected chi connectivity index (χ2v) is 5.76. The minimum absolute atomic E-state index is 0.454. The van der Waals surface area contributed by atoms with Crippen LogP contribution in [0.3, 0.4) is 0 Å². The van der Waals surface area contributed by atoms with E-state index in [0.29, 0.717) is 6.04 Å². The van der Waals surface area contributed by atoms with Crippen molar-refractivity contribution in [2.45, 2.75) is 44.7 Å². The molecule has 0 aromatic carbocycles. The molecule has 0 unspecified atom stereocenters. The third kappa shape index (κ3) is 2.50. The molecule has 0 spiro atoms. The van der Waals surface area contributed by atoms with E-state index in [1.165, 1.54) is 30.6 Å². The molecule has 1 saturated carbocycles. The highest BCUT2D eigenvalue weighted by atomic mass is 35.5. The van der Waals surface area contributed by atoms with Crippen LogP contribution in [0.4, 0.5) is 0 Å². The Morgan fingerprint density at radius 1 is 1.43 bits per heavy atom. The van der Waals surface area contributed by atoms with E-state index in [0.717, 1.165) is 10.4 Å². The third-order valence-corrected chi connectivity index (χ3v) is 4.28. The molecule has 1 heterocycles. The first-order valence-corrected chi connectivity index (χ1v) is 6.46. The van der Waals surface area contributed by atoms with Crippen molar-refractivity contribution in [1.29, 1.82) is 0 Å². The molecule has 78 valence electrons. The maximum atomic E-state index is 5.91. The van der Waals surface area contributed by atoms with Gasteiger partial charge in [0.2, 0.25) is 0 Å². The fourth-order valence-electron chi connectivity index (χ4n) is 2.09. The second-order valence-electron chi connectivity index (χ2n) is 4.01. The van der Waals surface area contributed by atoms with Crippen LogP contribution < -0.4 is 5.32 Å². The number of halogens is 1. The van der Waals surface area contributed by atoms with E-state index < -0.39 is 0 Å². The van der Waals surface area contributed by atoms with Gasteiger partial charge in [0, 0.05) is 17.0 Å². The van der Waals surface area contributed by atoms with E-state index >= 15 is 0 Å². The Morgan fingerprint density at radius 2 is 2.14 bits per heavy atom. The van der Waals surface area contributed by atoms with Crippen LogP contribution in [0.2, 0.25) is 4.34 Å². The van der Waals surface area contributed by atoms with Crippen molar-refractivity contribution in [2.24, 2.45) is 0 Å². The summed E-state index contributed by atoms with van der Waals surface area (Å²) in [5.41, 5.74) is 0. The predicted molar refractivity (Wildman–Crippen MR) is 63.1 cm³/mol. The highest BCUT2D eigenvalue weighted by molar-refractivity contribution is 7.16. The lowest BCUT2D eigenvalue weighted by Gasteiger charge is -2.17. The van der Waals surface area contributed by atoms with Gasteiger partial charge in [-0.15, -0.1) is 11.3 Å². The molecule has 1 aliphatic carbocycles. The van der Waals surface area contributed by atoms with Crippen molar-refractivity contribution in [3.8, 4) is 0 Å². The fraction of sp³-hybridized carbons (Fsp3) is 0.636. The Bertz CT molecular complexity index is 291. The molecular formula is C11H16ClNS. The standard InChI is InChI=1S/C11H16ClNS/c1-8(10-6-7-11(12)14-10)13-9-4-2-3-5-9/h6-9,13H,2-5H2,1H3/t8-/m1/s1. The van der Waals surface area contributed by atoms with E-state index in [1.807, 2.05) is 6.07 Å². The first-order valence-electron chi connectivity index (χ1n) is 5.27. The average molecular weight is 230 g/mol. The van der Waals surface area contributed by atoms with Crippen LogP contribution in [0, 0.1) is 0 Å². The quantitative estimate of drug-likeness (QED) is 0.827. The molecule has 1 nitrogen and oxygen atoms in total. The number of rotatable bonds is 3. The van der Waals surface area contributed by atoms with Crippen LogP contribution in [0.15, 0.2) is 12.1 Å². The smallest absolute Gasteiger partial charge is 0.0931 e. The van der Waals surface area contributed by atoms with Crippen molar-refractivity contribution < 1.29 is 0 Å². The molecule has 1 fully saturated rings. The van der Waals surface area contributed by atoms with Gasteiger partial charge in [0.25, 0.3) is 0 Å². The van der Waals surface area contributed by atoms with Gasteiger partial charge in [0.1, 0.15) is 0 Å². The van der Waals surface area contributed by atoms with E-state index in [2.05, 4.69) is 18.3 Å². The summed E-state index contributed by atoms with van der Waals surface area (Å²) in [7, 11) is 0. The fourth-order valence-corrected chi connectivity index (χ4v) is 3.16. The topological polar surface area (TPSA) is 12.0 Å². The zero-order chi connectivity index (χ0) is 9.97. The van der Waals surface area contributed by atoms with Gasteiger partial charge in [0.15, 0.2) is 0 Å². The Kier molecular flexibility index (Phi) is 3.47. The van der Waals surface area contributed by atoms with Gasteiger partial charge in [-0.3, -0.25) is 0 Å². The Hall–Kier alpha value is -0.0500. The van der Waals surface area contributed by atoms with Crippen molar-refractivity contribution in [3.63, 3.8) is 0 Å². The van der Waals surface area contributed by atoms with Crippen molar-refractivity contribution in [1.82, 2.24) is 5.32 Å². The zero-order valence-corrected chi connectivity index (χ0v) is 10.00. The van der Waals surface area contributed by atoms with Gasteiger partial charge >= 0.3 is 0 Å². The predicted octanol–water partition coefficient (Wildman–Crippen LogP) is 3.99. The molecular weight excluding hydrogens is 214 g/mol. The van der Waals surface area contributed by atoms with Crippen LogP contribution in [-0.2, 0) is 0 Å². The highest BCUT2D eigenvalue weighted by Crippen LogP contribution is 2.28. The SMILES string of the molecule is C[C@@H](NC1CCCC1)c1ccc(Cl)s1. The summed E-state index contributed by atoms with van der Waals surface area (Å²) in [6, 6.07) is 5.29. The summed E-state index contributed by atoms with van der Waals surface area (Å²) in [6.45, 7) is 2.22. The van der Waals surface area contributed by atoms with Crippen molar-refractivity contribution >= 4 is 22.9 Å². The molecule has 1 aromatic rings. The third-order valence-electron chi connectivity index (χ3n) is 2.86. The number of thiophene rings is 1. The Balaban J connectivity index is 1.91. The first-order chi connectivity index (χ1) is 6.75.